The number of phenols is 1. The molecule has 2 atom stereocenters. The van der Waals surface area contributed by atoms with Gasteiger partial charge in [-0.25, -0.2) is 0 Å². The van der Waals surface area contributed by atoms with Crippen LogP contribution in [0.5, 0.6) is 5.75 Å². The molecular weight excluding hydrogens is 252 g/mol. The fourth-order valence-corrected chi connectivity index (χ4v) is 3.28. The number of aromatic hydroxyl groups is 1. The Balaban J connectivity index is 1.55. The average Bonchev–Trinajstić information content (AvgIpc) is 2.87. The van der Waals surface area contributed by atoms with Crippen molar-refractivity contribution in [2.45, 2.75) is 31.9 Å². The molecule has 0 saturated carbocycles. The van der Waals surface area contributed by atoms with Crippen LogP contribution in [0.4, 0.5) is 0 Å². The van der Waals surface area contributed by atoms with Crippen LogP contribution in [0.15, 0.2) is 18.2 Å². The minimum Gasteiger partial charge on any atom is -0.508 e. The first-order valence-electron chi connectivity index (χ1n) is 7.65. The van der Waals surface area contributed by atoms with Gasteiger partial charge < -0.3 is 15.2 Å². The van der Waals surface area contributed by atoms with Crippen molar-refractivity contribution in [3.05, 3.63) is 29.3 Å². The van der Waals surface area contributed by atoms with E-state index in [0.29, 0.717) is 17.9 Å². The van der Waals surface area contributed by atoms with E-state index >= 15 is 0 Å². The number of aryl methyl sites for hydroxylation is 1. The standard InChI is InChI=1S/C16H24N2O2/c1-2-18-7-8-20-14(11-18)10-17-16-6-3-12-9-13(19)4-5-15(12)16/h4-5,9,14,16-17,19H,2-3,6-8,10-11H2,1H3. The molecule has 2 unspecified atom stereocenters. The molecule has 4 nitrogen and oxygen atoms in total. The lowest BCUT2D eigenvalue weighted by Crippen LogP contribution is -2.46. The third kappa shape index (κ3) is 2.97. The molecule has 1 aromatic rings. The maximum atomic E-state index is 9.53. The first kappa shape index (κ1) is 13.9. The van der Waals surface area contributed by atoms with Crippen LogP contribution in [0.3, 0.4) is 0 Å². The van der Waals surface area contributed by atoms with Gasteiger partial charge in [0, 0.05) is 25.7 Å². The molecule has 0 radical (unpaired) electrons. The highest BCUT2D eigenvalue weighted by atomic mass is 16.5. The Bertz CT molecular complexity index is 464. The normalized spacial score (nSPS) is 26.6. The van der Waals surface area contributed by atoms with Crippen LogP contribution in [-0.2, 0) is 11.2 Å². The molecule has 1 saturated heterocycles. The van der Waals surface area contributed by atoms with Crippen molar-refractivity contribution in [3.8, 4) is 5.75 Å². The van der Waals surface area contributed by atoms with Gasteiger partial charge in [-0.1, -0.05) is 13.0 Å². The summed E-state index contributed by atoms with van der Waals surface area (Å²) < 4.78 is 5.83. The van der Waals surface area contributed by atoms with Gasteiger partial charge >= 0.3 is 0 Å². The molecule has 1 aliphatic heterocycles. The second-order valence-electron chi connectivity index (χ2n) is 5.77. The summed E-state index contributed by atoms with van der Waals surface area (Å²) >= 11 is 0. The molecule has 0 bridgehead atoms. The summed E-state index contributed by atoms with van der Waals surface area (Å²) in [6.07, 6.45) is 2.46. The summed E-state index contributed by atoms with van der Waals surface area (Å²) in [4.78, 5) is 2.44. The second-order valence-corrected chi connectivity index (χ2v) is 5.77. The minimum absolute atomic E-state index is 0.296. The zero-order valence-electron chi connectivity index (χ0n) is 12.1. The molecule has 1 aliphatic carbocycles. The number of fused-ring (bicyclic) bond motifs is 1. The fourth-order valence-electron chi connectivity index (χ4n) is 3.28. The first-order valence-corrected chi connectivity index (χ1v) is 7.65. The number of rotatable bonds is 4. The number of nitrogens with one attached hydrogen (secondary N) is 1. The van der Waals surface area contributed by atoms with E-state index in [9.17, 15) is 5.11 Å². The van der Waals surface area contributed by atoms with E-state index in [4.69, 9.17) is 4.74 Å². The number of benzene rings is 1. The number of phenolic OH excluding ortho intramolecular Hbond substituents is 1. The lowest BCUT2D eigenvalue weighted by molar-refractivity contribution is -0.0263. The van der Waals surface area contributed by atoms with Gasteiger partial charge in [-0.2, -0.15) is 0 Å². The van der Waals surface area contributed by atoms with Crippen LogP contribution in [0.2, 0.25) is 0 Å². The predicted molar refractivity (Wildman–Crippen MR) is 79.0 cm³/mol. The van der Waals surface area contributed by atoms with Crippen molar-refractivity contribution < 1.29 is 9.84 Å². The van der Waals surface area contributed by atoms with Crippen LogP contribution in [0, 0.1) is 0 Å². The largest absolute Gasteiger partial charge is 0.508 e. The van der Waals surface area contributed by atoms with E-state index in [2.05, 4.69) is 23.2 Å². The highest BCUT2D eigenvalue weighted by molar-refractivity contribution is 5.40. The molecule has 3 rings (SSSR count). The van der Waals surface area contributed by atoms with Crippen molar-refractivity contribution in [1.29, 1.82) is 0 Å². The van der Waals surface area contributed by atoms with Crippen LogP contribution < -0.4 is 5.32 Å². The van der Waals surface area contributed by atoms with Crippen molar-refractivity contribution >= 4 is 0 Å². The number of hydrogen-bond donors (Lipinski definition) is 2. The molecule has 1 heterocycles. The quantitative estimate of drug-likeness (QED) is 0.878. The summed E-state index contributed by atoms with van der Waals surface area (Å²) in [5.74, 6) is 0.374. The molecule has 1 aromatic carbocycles. The van der Waals surface area contributed by atoms with Gasteiger partial charge in [0.05, 0.1) is 12.7 Å². The van der Waals surface area contributed by atoms with Gasteiger partial charge in [-0.15, -0.1) is 0 Å². The van der Waals surface area contributed by atoms with Gasteiger partial charge in [-0.05, 0) is 42.6 Å². The third-order valence-electron chi connectivity index (χ3n) is 4.47. The summed E-state index contributed by atoms with van der Waals surface area (Å²) in [6, 6.07) is 6.14. The Kier molecular flexibility index (Phi) is 4.24. The maximum absolute atomic E-state index is 9.53. The van der Waals surface area contributed by atoms with E-state index in [1.807, 2.05) is 6.07 Å². The zero-order chi connectivity index (χ0) is 13.9. The molecular formula is C16H24N2O2. The van der Waals surface area contributed by atoms with E-state index in [-0.39, 0.29) is 0 Å². The van der Waals surface area contributed by atoms with Gasteiger partial charge in [0.1, 0.15) is 5.75 Å². The summed E-state index contributed by atoms with van der Waals surface area (Å²) in [6.45, 7) is 7.13. The number of ether oxygens (including phenoxy) is 1. The van der Waals surface area contributed by atoms with Crippen LogP contribution in [0.1, 0.15) is 30.5 Å². The number of morpholine rings is 1. The van der Waals surface area contributed by atoms with Crippen LogP contribution >= 0.6 is 0 Å². The van der Waals surface area contributed by atoms with Crippen molar-refractivity contribution in [1.82, 2.24) is 10.2 Å². The third-order valence-corrected chi connectivity index (χ3v) is 4.47. The predicted octanol–water partition coefficient (Wildman–Crippen LogP) is 1.69. The SMILES string of the molecule is CCN1CCOC(CNC2CCc3cc(O)ccc32)C1. The average molecular weight is 276 g/mol. The van der Waals surface area contributed by atoms with Crippen LogP contribution in [0.25, 0.3) is 0 Å². The van der Waals surface area contributed by atoms with Gasteiger partial charge in [-0.3, -0.25) is 4.90 Å². The topological polar surface area (TPSA) is 44.7 Å². The molecule has 1 fully saturated rings. The Morgan fingerprint density at radius 3 is 3.20 bits per heavy atom. The van der Waals surface area contributed by atoms with Gasteiger partial charge in [0.25, 0.3) is 0 Å². The molecule has 2 aliphatic rings. The van der Waals surface area contributed by atoms with Crippen LogP contribution in [-0.4, -0.2) is 48.9 Å². The van der Waals surface area contributed by atoms with E-state index in [1.165, 1.54) is 11.1 Å². The molecule has 110 valence electrons. The Morgan fingerprint density at radius 2 is 2.35 bits per heavy atom. The van der Waals surface area contributed by atoms with Crippen molar-refractivity contribution in [2.24, 2.45) is 0 Å². The monoisotopic (exact) mass is 276 g/mol. The Morgan fingerprint density at radius 1 is 1.45 bits per heavy atom. The highest BCUT2D eigenvalue weighted by Crippen LogP contribution is 2.33. The number of hydrogen-bond acceptors (Lipinski definition) is 4. The Hall–Kier alpha value is -1.10. The molecule has 0 amide bonds. The van der Waals surface area contributed by atoms with E-state index in [0.717, 1.165) is 45.6 Å². The highest BCUT2D eigenvalue weighted by Gasteiger charge is 2.25. The molecule has 20 heavy (non-hydrogen) atoms. The number of nitrogens with zero attached hydrogens (tertiary/aromatic N) is 1. The second kappa shape index (κ2) is 6.12. The molecule has 2 N–H and O–H groups in total. The van der Waals surface area contributed by atoms with Crippen molar-refractivity contribution in [2.75, 3.05) is 32.8 Å². The molecule has 4 heteroatoms. The maximum Gasteiger partial charge on any atom is 0.115 e. The lowest BCUT2D eigenvalue weighted by Gasteiger charge is -2.32. The summed E-state index contributed by atoms with van der Waals surface area (Å²) in [7, 11) is 0. The van der Waals surface area contributed by atoms with E-state index < -0.39 is 0 Å². The van der Waals surface area contributed by atoms with Gasteiger partial charge in [0.15, 0.2) is 0 Å². The summed E-state index contributed by atoms with van der Waals surface area (Å²) in [5.41, 5.74) is 2.62. The fraction of sp³-hybridized carbons (Fsp3) is 0.625. The lowest BCUT2D eigenvalue weighted by atomic mass is 10.1. The minimum atomic E-state index is 0.296. The van der Waals surface area contributed by atoms with Crippen molar-refractivity contribution in [3.63, 3.8) is 0 Å². The Labute approximate surface area is 120 Å². The zero-order valence-corrected chi connectivity index (χ0v) is 12.1. The number of likely N-dealkylation sites (N-methyl/N-ethyl adjacent to an activating group) is 1. The first-order chi connectivity index (χ1) is 9.76. The summed E-state index contributed by atoms with van der Waals surface area (Å²) in [5, 5.41) is 13.2. The van der Waals surface area contributed by atoms with Gasteiger partial charge in [0.2, 0.25) is 0 Å². The molecule has 0 spiro atoms. The smallest absolute Gasteiger partial charge is 0.115 e. The van der Waals surface area contributed by atoms with E-state index in [1.54, 1.807) is 6.07 Å². The molecule has 0 aromatic heterocycles.